The summed E-state index contributed by atoms with van der Waals surface area (Å²) in [5, 5.41) is 0. The number of piperazine rings is 1. The smallest absolute Gasteiger partial charge is 0.417 e. The summed E-state index contributed by atoms with van der Waals surface area (Å²) in [6.45, 7) is 3.08. The number of hydrogen-bond acceptors (Lipinski definition) is 2. The van der Waals surface area contributed by atoms with Crippen LogP contribution in [-0.4, -0.2) is 31.2 Å². The number of rotatable bonds is 1. The Morgan fingerprint density at radius 3 is 2.47 bits per heavy atom. The van der Waals surface area contributed by atoms with Crippen LogP contribution < -0.4 is 9.80 Å². The van der Waals surface area contributed by atoms with Crippen molar-refractivity contribution in [1.82, 2.24) is 4.98 Å². The van der Waals surface area contributed by atoms with Crippen LogP contribution in [0, 0.1) is 7.05 Å². The summed E-state index contributed by atoms with van der Waals surface area (Å²) in [6.07, 6.45) is -2.00. The van der Waals surface area contributed by atoms with Crippen molar-refractivity contribution in [3.8, 4) is 0 Å². The summed E-state index contributed by atoms with van der Waals surface area (Å²) in [6, 6.07) is 1.15. The summed E-state index contributed by atoms with van der Waals surface area (Å²) in [5.74, 6) is 0. The first kappa shape index (κ1) is 12.2. The second-order valence-corrected chi connectivity index (χ2v) is 4.17. The van der Waals surface area contributed by atoms with Crippen LogP contribution in [-0.2, 0) is 6.18 Å². The van der Waals surface area contributed by atoms with Gasteiger partial charge < -0.3 is 9.80 Å². The van der Waals surface area contributed by atoms with E-state index in [1.807, 2.05) is 4.90 Å². The molecule has 2 rings (SSSR count). The van der Waals surface area contributed by atoms with Gasteiger partial charge in [-0.15, -0.1) is 0 Å². The molecular weight excluding hydrogens is 231 g/mol. The van der Waals surface area contributed by atoms with Crippen molar-refractivity contribution < 1.29 is 18.1 Å². The molecule has 1 fully saturated rings. The molecule has 0 unspecified atom stereocenters. The molecule has 94 valence electrons. The number of hydrogen-bond donors (Lipinski definition) is 1. The number of alkyl halides is 3. The third-order valence-corrected chi connectivity index (χ3v) is 2.89. The molecule has 17 heavy (non-hydrogen) atoms. The van der Waals surface area contributed by atoms with Gasteiger partial charge in [-0.05, 0) is 6.07 Å². The molecule has 0 atom stereocenters. The maximum Gasteiger partial charge on any atom is 0.417 e. The Morgan fingerprint density at radius 1 is 1.24 bits per heavy atom. The van der Waals surface area contributed by atoms with Crippen molar-refractivity contribution >= 4 is 5.69 Å². The normalized spacial score (nSPS) is 18.5. The minimum Gasteiger partial charge on any atom is -0.465 e. The zero-order valence-electron chi connectivity index (χ0n) is 9.30. The van der Waals surface area contributed by atoms with Crippen molar-refractivity contribution in [2.45, 2.75) is 6.18 Å². The highest BCUT2D eigenvalue weighted by Gasteiger charge is 2.31. The van der Waals surface area contributed by atoms with Gasteiger partial charge >= 0.3 is 6.18 Å². The van der Waals surface area contributed by atoms with Crippen LogP contribution in [0.15, 0.2) is 18.5 Å². The van der Waals surface area contributed by atoms with Gasteiger partial charge in [-0.2, -0.15) is 20.2 Å². The van der Waals surface area contributed by atoms with E-state index in [4.69, 9.17) is 0 Å². The first-order valence-electron chi connectivity index (χ1n) is 5.40. The molecule has 0 aromatic carbocycles. The highest BCUT2D eigenvalue weighted by Crippen LogP contribution is 2.30. The zero-order chi connectivity index (χ0) is 12.5. The van der Waals surface area contributed by atoms with Gasteiger partial charge in [0.1, 0.15) is 0 Å². The highest BCUT2D eigenvalue weighted by molar-refractivity contribution is 5.46. The Bertz CT molecular complexity index is 384. The van der Waals surface area contributed by atoms with E-state index in [1.165, 1.54) is 6.20 Å². The predicted molar refractivity (Wildman–Crippen MR) is 57.5 cm³/mol. The van der Waals surface area contributed by atoms with Gasteiger partial charge in [0.2, 0.25) is 0 Å². The van der Waals surface area contributed by atoms with Gasteiger partial charge in [0, 0.05) is 6.20 Å². The molecule has 1 aliphatic heterocycles. The lowest BCUT2D eigenvalue weighted by Gasteiger charge is -2.35. The molecule has 3 nitrogen and oxygen atoms in total. The van der Waals surface area contributed by atoms with Crippen molar-refractivity contribution in [2.75, 3.05) is 31.1 Å². The van der Waals surface area contributed by atoms with Gasteiger partial charge in [0.05, 0.1) is 43.6 Å². The Kier molecular flexibility index (Phi) is 3.24. The largest absolute Gasteiger partial charge is 0.465 e. The third-order valence-electron chi connectivity index (χ3n) is 2.89. The number of pyridine rings is 1. The minimum atomic E-state index is -4.33. The second-order valence-electron chi connectivity index (χ2n) is 4.17. The van der Waals surface area contributed by atoms with E-state index in [0.717, 1.165) is 30.3 Å². The molecule has 1 aromatic heterocycles. The number of nitrogens with zero attached hydrogens (tertiary/aromatic N) is 2. The Balaban J connectivity index is 2.16. The van der Waals surface area contributed by atoms with Crippen LogP contribution in [0.2, 0.25) is 0 Å². The molecule has 1 aromatic rings. The van der Waals surface area contributed by atoms with E-state index in [1.54, 1.807) is 0 Å². The van der Waals surface area contributed by atoms with Crippen LogP contribution in [0.4, 0.5) is 18.9 Å². The average Bonchev–Trinajstić information content (AvgIpc) is 2.29. The van der Waals surface area contributed by atoms with Gasteiger partial charge in [0.15, 0.2) is 0 Å². The molecule has 0 saturated carbocycles. The number of anilines is 1. The minimum absolute atomic E-state index is 0.535. The number of quaternary nitrogens is 1. The lowest BCUT2D eigenvalue weighted by Crippen LogP contribution is -3.10. The fourth-order valence-electron chi connectivity index (χ4n) is 1.84. The van der Waals surface area contributed by atoms with Crippen LogP contribution in [0.1, 0.15) is 5.56 Å². The topological polar surface area (TPSA) is 20.6 Å². The Hall–Kier alpha value is -1.30. The van der Waals surface area contributed by atoms with E-state index >= 15 is 0 Å². The maximum absolute atomic E-state index is 12.5. The van der Waals surface area contributed by atoms with Crippen LogP contribution in [0.25, 0.3) is 0 Å². The molecular formula is C11H14F3N3. The van der Waals surface area contributed by atoms with Crippen molar-refractivity contribution in [2.24, 2.45) is 0 Å². The third kappa shape index (κ3) is 2.88. The van der Waals surface area contributed by atoms with Crippen molar-refractivity contribution in [3.05, 3.63) is 31.1 Å². The summed E-state index contributed by atoms with van der Waals surface area (Å²) in [5.41, 5.74) is -0.160. The first-order valence-corrected chi connectivity index (χ1v) is 5.40. The van der Waals surface area contributed by atoms with Crippen molar-refractivity contribution in [3.63, 3.8) is 0 Å². The molecule has 0 radical (unpaired) electrons. The SMILES string of the molecule is [CH2-][NH+]1CCN(c2cncc(C(F)(F)F)c2)CC1. The van der Waals surface area contributed by atoms with Gasteiger partial charge in [-0.1, -0.05) is 0 Å². The fourth-order valence-corrected chi connectivity index (χ4v) is 1.84. The van der Waals surface area contributed by atoms with Crippen molar-refractivity contribution in [1.29, 1.82) is 0 Å². The summed E-state index contributed by atoms with van der Waals surface area (Å²) < 4.78 is 37.6. The molecule has 0 bridgehead atoms. The molecule has 0 spiro atoms. The van der Waals surface area contributed by atoms with Crippen LogP contribution in [0.5, 0.6) is 0 Å². The number of nitrogens with one attached hydrogen (secondary N) is 1. The summed E-state index contributed by atoms with van der Waals surface area (Å²) in [4.78, 5) is 6.73. The molecule has 1 aliphatic rings. The fraction of sp³-hybridized carbons (Fsp3) is 0.455. The highest BCUT2D eigenvalue weighted by atomic mass is 19.4. The summed E-state index contributed by atoms with van der Waals surface area (Å²) in [7, 11) is 3.88. The first-order chi connectivity index (χ1) is 7.97. The molecule has 0 amide bonds. The lowest BCUT2D eigenvalue weighted by atomic mass is 10.2. The zero-order valence-corrected chi connectivity index (χ0v) is 9.30. The molecule has 6 heteroatoms. The predicted octanol–water partition coefficient (Wildman–Crippen LogP) is 0.597. The van der Waals surface area contributed by atoms with Gasteiger partial charge in [-0.25, -0.2) is 0 Å². The van der Waals surface area contributed by atoms with Crippen LogP contribution >= 0.6 is 0 Å². The van der Waals surface area contributed by atoms with Gasteiger partial charge in [0.25, 0.3) is 0 Å². The van der Waals surface area contributed by atoms with Crippen LogP contribution in [0.3, 0.4) is 0 Å². The average molecular weight is 245 g/mol. The second kappa shape index (κ2) is 4.52. The maximum atomic E-state index is 12.5. The van der Waals surface area contributed by atoms with E-state index in [9.17, 15) is 13.2 Å². The number of halogens is 3. The molecule has 0 aliphatic carbocycles. The molecule has 1 saturated heterocycles. The van der Waals surface area contributed by atoms with E-state index in [0.29, 0.717) is 18.8 Å². The standard InChI is InChI=1S/C11H14F3N3/c1-16-2-4-17(5-3-16)10-6-9(7-15-8-10)11(12,13)14/h6-8,16H,1-5H2. The summed E-state index contributed by atoms with van der Waals surface area (Å²) >= 11 is 0. The quantitative estimate of drug-likeness (QED) is 0.731. The van der Waals surface area contributed by atoms with E-state index < -0.39 is 11.7 Å². The monoisotopic (exact) mass is 245 g/mol. The number of aromatic nitrogens is 1. The van der Waals surface area contributed by atoms with E-state index in [2.05, 4.69) is 12.0 Å². The van der Waals surface area contributed by atoms with E-state index in [-0.39, 0.29) is 0 Å². The Morgan fingerprint density at radius 2 is 1.88 bits per heavy atom. The lowest BCUT2D eigenvalue weighted by molar-refractivity contribution is -0.854. The Labute approximate surface area is 97.9 Å². The van der Waals surface area contributed by atoms with Gasteiger partial charge in [-0.3, -0.25) is 4.98 Å². The molecule has 1 N–H and O–H groups in total. The molecule has 2 heterocycles.